The van der Waals surface area contributed by atoms with Crippen LogP contribution in [0, 0.1) is 13.8 Å². The standard InChI is InChI=1S/C12H11F3N2O/c1-7-4-3-5-9(6-7)17-8(2)10(18)11(16-17)12(13,14)15/h3-6,18H,1-2H3. The van der Waals surface area contributed by atoms with Gasteiger partial charge in [-0.1, -0.05) is 12.1 Å². The van der Waals surface area contributed by atoms with Crippen molar-refractivity contribution in [3.8, 4) is 11.4 Å². The molecule has 0 aliphatic heterocycles. The first-order valence-corrected chi connectivity index (χ1v) is 5.23. The molecule has 0 atom stereocenters. The molecule has 0 spiro atoms. The van der Waals surface area contributed by atoms with E-state index in [9.17, 15) is 18.3 Å². The molecule has 0 fully saturated rings. The van der Waals surface area contributed by atoms with E-state index in [1.807, 2.05) is 13.0 Å². The maximum Gasteiger partial charge on any atom is 0.438 e. The van der Waals surface area contributed by atoms with Crippen molar-refractivity contribution in [3.05, 3.63) is 41.2 Å². The van der Waals surface area contributed by atoms with Crippen LogP contribution in [0.3, 0.4) is 0 Å². The van der Waals surface area contributed by atoms with Gasteiger partial charge in [0.25, 0.3) is 0 Å². The Bertz CT molecular complexity index is 587. The fraction of sp³-hybridized carbons (Fsp3) is 0.250. The van der Waals surface area contributed by atoms with Crippen LogP contribution in [0.5, 0.6) is 5.75 Å². The molecule has 1 N–H and O–H groups in total. The number of aryl methyl sites for hydroxylation is 1. The van der Waals surface area contributed by atoms with Gasteiger partial charge >= 0.3 is 6.18 Å². The topological polar surface area (TPSA) is 38.0 Å². The van der Waals surface area contributed by atoms with Gasteiger partial charge in [0, 0.05) is 0 Å². The molecule has 0 aliphatic rings. The van der Waals surface area contributed by atoms with E-state index in [0.717, 1.165) is 10.2 Å². The minimum Gasteiger partial charge on any atom is -0.504 e. The van der Waals surface area contributed by atoms with Crippen molar-refractivity contribution in [2.24, 2.45) is 0 Å². The molecule has 0 saturated carbocycles. The molecule has 2 rings (SSSR count). The lowest BCUT2D eigenvalue weighted by atomic mass is 10.2. The predicted molar refractivity (Wildman–Crippen MR) is 59.7 cm³/mol. The first kappa shape index (κ1) is 12.5. The van der Waals surface area contributed by atoms with Crippen LogP contribution >= 0.6 is 0 Å². The molecule has 1 heterocycles. The van der Waals surface area contributed by atoms with Crippen LogP contribution in [0.15, 0.2) is 24.3 Å². The SMILES string of the molecule is Cc1cccc(-n2nc(C(F)(F)F)c(O)c2C)c1. The van der Waals surface area contributed by atoms with Gasteiger partial charge in [0.1, 0.15) is 0 Å². The van der Waals surface area contributed by atoms with Gasteiger partial charge in [0.05, 0.1) is 11.4 Å². The van der Waals surface area contributed by atoms with Crippen molar-refractivity contribution in [2.75, 3.05) is 0 Å². The molecule has 96 valence electrons. The Labute approximate surface area is 101 Å². The zero-order valence-electron chi connectivity index (χ0n) is 9.78. The Kier molecular flexibility index (Phi) is 2.80. The average Bonchev–Trinajstić information content (AvgIpc) is 2.55. The Morgan fingerprint density at radius 2 is 1.89 bits per heavy atom. The van der Waals surface area contributed by atoms with Crippen LogP contribution in [-0.4, -0.2) is 14.9 Å². The van der Waals surface area contributed by atoms with E-state index in [4.69, 9.17) is 0 Å². The maximum absolute atomic E-state index is 12.6. The van der Waals surface area contributed by atoms with E-state index in [1.165, 1.54) is 6.92 Å². The highest BCUT2D eigenvalue weighted by Crippen LogP contribution is 2.37. The van der Waals surface area contributed by atoms with E-state index in [1.54, 1.807) is 18.2 Å². The van der Waals surface area contributed by atoms with Crippen LogP contribution < -0.4 is 0 Å². The predicted octanol–water partition coefficient (Wildman–Crippen LogP) is 3.21. The number of nitrogens with zero attached hydrogens (tertiary/aromatic N) is 2. The van der Waals surface area contributed by atoms with E-state index in [2.05, 4.69) is 5.10 Å². The Balaban J connectivity index is 2.60. The fourth-order valence-corrected chi connectivity index (χ4v) is 1.70. The summed E-state index contributed by atoms with van der Waals surface area (Å²) < 4.78 is 38.9. The third-order valence-electron chi connectivity index (χ3n) is 2.60. The normalized spacial score (nSPS) is 11.8. The van der Waals surface area contributed by atoms with Crippen molar-refractivity contribution >= 4 is 0 Å². The summed E-state index contributed by atoms with van der Waals surface area (Å²) in [4.78, 5) is 0. The number of hydrogen-bond donors (Lipinski definition) is 1. The zero-order chi connectivity index (χ0) is 13.5. The number of alkyl halides is 3. The lowest BCUT2D eigenvalue weighted by molar-refractivity contribution is -0.142. The Hall–Kier alpha value is -1.98. The summed E-state index contributed by atoms with van der Waals surface area (Å²) in [5.41, 5.74) is 0.183. The lowest BCUT2D eigenvalue weighted by Crippen LogP contribution is -2.07. The second-order valence-electron chi connectivity index (χ2n) is 4.03. The molecular weight excluding hydrogens is 245 g/mol. The first-order valence-electron chi connectivity index (χ1n) is 5.23. The van der Waals surface area contributed by atoms with E-state index in [-0.39, 0.29) is 5.69 Å². The summed E-state index contributed by atoms with van der Waals surface area (Å²) >= 11 is 0. The highest BCUT2D eigenvalue weighted by Gasteiger charge is 2.39. The highest BCUT2D eigenvalue weighted by molar-refractivity contribution is 5.42. The largest absolute Gasteiger partial charge is 0.504 e. The molecule has 6 heteroatoms. The van der Waals surface area contributed by atoms with Gasteiger partial charge in [0.15, 0.2) is 5.75 Å². The lowest BCUT2D eigenvalue weighted by Gasteiger charge is -2.04. The van der Waals surface area contributed by atoms with Crippen molar-refractivity contribution in [1.82, 2.24) is 9.78 Å². The summed E-state index contributed by atoms with van der Waals surface area (Å²) in [5.74, 6) is -0.830. The van der Waals surface area contributed by atoms with Crippen LogP contribution in [0.2, 0.25) is 0 Å². The molecule has 18 heavy (non-hydrogen) atoms. The second kappa shape index (κ2) is 4.04. The molecule has 0 amide bonds. The van der Waals surface area contributed by atoms with Gasteiger partial charge < -0.3 is 5.11 Å². The van der Waals surface area contributed by atoms with Crippen LogP contribution in [0.25, 0.3) is 5.69 Å². The minimum atomic E-state index is -4.66. The van der Waals surface area contributed by atoms with Gasteiger partial charge in [-0.05, 0) is 31.5 Å². The summed E-state index contributed by atoms with van der Waals surface area (Å²) in [6.45, 7) is 3.22. The maximum atomic E-state index is 12.6. The number of benzene rings is 1. The number of rotatable bonds is 1. The van der Waals surface area contributed by atoms with Crippen molar-refractivity contribution in [2.45, 2.75) is 20.0 Å². The Morgan fingerprint density at radius 3 is 2.39 bits per heavy atom. The third-order valence-corrected chi connectivity index (χ3v) is 2.60. The van der Waals surface area contributed by atoms with Crippen molar-refractivity contribution < 1.29 is 18.3 Å². The van der Waals surface area contributed by atoms with E-state index < -0.39 is 17.6 Å². The number of aromatic nitrogens is 2. The van der Waals surface area contributed by atoms with Crippen LogP contribution in [-0.2, 0) is 6.18 Å². The third kappa shape index (κ3) is 2.05. The monoisotopic (exact) mass is 256 g/mol. The van der Waals surface area contributed by atoms with E-state index in [0.29, 0.717) is 5.69 Å². The number of aromatic hydroxyl groups is 1. The molecule has 3 nitrogen and oxygen atoms in total. The molecule has 0 aliphatic carbocycles. The minimum absolute atomic E-state index is 0.0629. The number of halogens is 3. The van der Waals surface area contributed by atoms with Crippen molar-refractivity contribution in [3.63, 3.8) is 0 Å². The Morgan fingerprint density at radius 1 is 1.22 bits per heavy atom. The van der Waals surface area contributed by atoms with Crippen LogP contribution in [0.4, 0.5) is 13.2 Å². The molecule has 1 aromatic carbocycles. The average molecular weight is 256 g/mol. The second-order valence-corrected chi connectivity index (χ2v) is 4.03. The van der Waals surface area contributed by atoms with Gasteiger partial charge in [-0.25, -0.2) is 4.68 Å². The molecular formula is C12H11F3N2O. The van der Waals surface area contributed by atoms with Gasteiger partial charge in [0.2, 0.25) is 5.69 Å². The van der Waals surface area contributed by atoms with Gasteiger partial charge in [-0.15, -0.1) is 0 Å². The molecule has 0 saturated heterocycles. The van der Waals surface area contributed by atoms with Gasteiger partial charge in [-0.3, -0.25) is 0 Å². The van der Waals surface area contributed by atoms with Gasteiger partial charge in [-0.2, -0.15) is 18.3 Å². The highest BCUT2D eigenvalue weighted by atomic mass is 19.4. The summed E-state index contributed by atoms with van der Waals surface area (Å²) in [7, 11) is 0. The number of hydrogen-bond acceptors (Lipinski definition) is 2. The molecule has 0 unspecified atom stereocenters. The zero-order valence-corrected chi connectivity index (χ0v) is 9.78. The van der Waals surface area contributed by atoms with Crippen molar-refractivity contribution in [1.29, 1.82) is 0 Å². The smallest absolute Gasteiger partial charge is 0.438 e. The molecule has 0 radical (unpaired) electrons. The molecule has 0 bridgehead atoms. The van der Waals surface area contributed by atoms with Crippen LogP contribution in [0.1, 0.15) is 17.0 Å². The van der Waals surface area contributed by atoms with E-state index >= 15 is 0 Å². The molecule has 1 aromatic heterocycles. The summed E-state index contributed by atoms with van der Waals surface area (Å²) in [6.07, 6.45) is -4.66. The first-order chi connectivity index (χ1) is 8.30. The quantitative estimate of drug-likeness (QED) is 0.850. The summed E-state index contributed by atoms with van der Waals surface area (Å²) in [6, 6.07) is 6.87. The fourth-order valence-electron chi connectivity index (χ4n) is 1.70. The summed E-state index contributed by atoms with van der Waals surface area (Å²) in [5, 5.41) is 12.9. The molecule has 2 aromatic rings.